The molecule has 0 amide bonds. The van der Waals surface area contributed by atoms with Crippen LogP contribution < -0.4 is 11.2 Å². The van der Waals surface area contributed by atoms with Crippen molar-refractivity contribution in [2.45, 2.75) is 25.4 Å². The fourth-order valence-corrected chi connectivity index (χ4v) is 2.07. The lowest BCUT2D eigenvalue weighted by molar-refractivity contribution is -0.137. The maximum absolute atomic E-state index is 12.9. The molecule has 1 heterocycles. The summed E-state index contributed by atoms with van der Waals surface area (Å²) in [6.07, 6.45) is -1.26. The molecular formula is C12H16F3N3. The SMILES string of the molecule is Nc1ccc(NN2CCCCC2)c(C(F)(F)F)c1. The number of benzene rings is 1. The van der Waals surface area contributed by atoms with Crippen LogP contribution >= 0.6 is 0 Å². The number of halogens is 3. The lowest BCUT2D eigenvalue weighted by Crippen LogP contribution is -2.35. The van der Waals surface area contributed by atoms with Crippen molar-refractivity contribution in [3.05, 3.63) is 23.8 Å². The topological polar surface area (TPSA) is 41.3 Å². The molecule has 1 aliphatic rings. The number of hydrogen-bond donors (Lipinski definition) is 2. The maximum atomic E-state index is 12.9. The van der Waals surface area contributed by atoms with Crippen molar-refractivity contribution < 1.29 is 13.2 Å². The summed E-state index contributed by atoms with van der Waals surface area (Å²) < 4.78 is 38.6. The molecular weight excluding hydrogens is 243 g/mol. The van der Waals surface area contributed by atoms with Gasteiger partial charge in [-0.15, -0.1) is 0 Å². The second-order valence-electron chi connectivity index (χ2n) is 4.46. The van der Waals surface area contributed by atoms with Gasteiger partial charge in [0.15, 0.2) is 0 Å². The highest BCUT2D eigenvalue weighted by Crippen LogP contribution is 2.36. The van der Waals surface area contributed by atoms with Gasteiger partial charge in [-0.3, -0.25) is 0 Å². The first-order valence-electron chi connectivity index (χ1n) is 5.95. The number of nitrogens with one attached hydrogen (secondary N) is 1. The van der Waals surface area contributed by atoms with Crippen molar-refractivity contribution in [1.82, 2.24) is 5.01 Å². The zero-order valence-corrected chi connectivity index (χ0v) is 9.93. The van der Waals surface area contributed by atoms with E-state index in [9.17, 15) is 13.2 Å². The molecule has 0 radical (unpaired) electrons. The normalized spacial score (nSPS) is 17.7. The minimum atomic E-state index is -4.40. The molecule has 1 saturated heterocycles. The number of nitrogens with two attached hydrogens (primary N) is 1. The predicted molar refractivity (Wildman–Crippen MR) is 64.9 cm³/mol. The van der Waals surface area contributed by atoms with Gasteiger partial charge in [0.05, 0.1) is 11.3 Å². The minimum Gasteiger partial charge on any atom is -0.399 e. The highest BCUT2D eigenvalue weighted by atomic mass is 19.4. The van der Waals surface area contributed by atoms with E-state index in [1.165, 1.54) is 12.1 Å². The van der Waals surface area contributed by atoms with E-state index in [2.05, 4.69) is 5.43 Å². The van der Waals surface area contributed by atoms with Crippen LogP contribution in [-0.2, 0) is 6.18 Å². The molecule has 1 aromatic rings. The van der Waals surface area contributed by atoms with E-state index in [1.54, 1.807) is 0 Å². The van der Waals surface area contributed by atoms with Gasteiger partial charge >= 0.3 is 6.18 Å². The van der Waals surface area contributed by atoms with Gasteiger partial charge < -0.3 is 11.2 Å². The molecule has 3 N–H and O–H groups in total. The number of piperidine rings is 1. The zero-order valence-electron chi connectivity index (χ0n) is 9.93. The molecule has 18 heavy (non-hydrogen) atoms. The molecule has 0 saturated carbocycles. The van der Waals surface area contributed by atoms with E-state index in [-0.39, 0.29) is 11.4 Å². The van der Waals surface area contributed by atoms with Crippen molar-refractivity contribution in [2.24, 2.45) is 0 Å². The smallest absolute Gasteiger partial charge is 0.399 e. The number of hydrogen-bond acceptors (Lipinski definition) is 3. The molecule has 0 bridgehead atoms. The van der Waals surface area contributed by atoms with Crippen LogP contribution in [0.2, 0.25) is 0 Å². The van der Waals surface area contributed by atoms with Crippen LogP contribution in [0.25, 0.3) is 0 Å². The zero-order chi connectivity index (χ0) is 13.2. The van der Waals surface area contributed by atoms with Crippen LogP contribution in [0.15, 0.2) is 18.2 Å². The van der Waals surface area contributed by atoms with Gasteiger partial charge in [0, 0.05) is 18.8 Å². The van der Waals surface area contributed by atoms with E-state index >= 15 is 0 Å². The highest BCUT2D eigenvalue weighted by molar-refractivity contribution is 5.58. The molecule has 3 nitrogen and oxygen atoms in total. The van der Waals surface area contributed by atoms with Crippen LogP contribution in [0.4, 0.5) is 24.5 Å². The summed E-state index contributed by atoms with van der Waals surface area (Å²) in [7, 11) is 0. The summed E-state index contributed by atoms with van der Waals surface area (Å²) >= 11 is 0. The predicted octanol–water partition coefficient (Wildman–Crippen LogP) is 3.10. The number of nitrogens with zero attached hydrogens (tertiary/aromatic N) is 1. The Balaban J connectivity index is 2.21. The third-order valence-corrected chi connectivity index (χ3v) is 2.98. The van der Waals surface area contributed by atoms with E-state index < -0.39 is 11.7 Å². The minimum absolute atomic E-state index is 0.0681. The Hall–Kier alpha value is -1.43. The number of alkyl halides is 3. The average molecular weight is 259 g/mol. The fourth-order valence-electron chi connectivity index (χ4n) is 2.07. The van der Waals surface area contributed by atoms with E-state index in [4.69, 9.17) is 5.73 Å². The molecule has 0 unspecified atom stereocenters. The lowest BCUT2D eigenvalue weighted by atomic mass is 10.1. The van der Waals surface area contributed by atoms with Crippen LogP contribution in [0.3, 0.4) is 0 Å². The van der Waals surface area contributed by atoms with Crippen molar-refractivity contribution in [1.29, 1.82) is 0 Å². The summed E-state index contributed by atoms with van der Waals surface area (Å²) in [4.78, 5) is 0. The molecule has 6 heteroatoms. The van der Waals surface area contributed by atoms with Gasteiger partial charge in [0.25, 0.3) is 0 Å². The summed E-state index contributed by atoms with van der Waals surface area (Å²) in [6.45, 7) is 1.53. The first-order chi connectivity index (χ1) is 8.47. The Bertz CT molecular complexity index is 412. The second-order valence-corrected chi connectivity index (χ2v) is 4.46. The summed E-state index contributed by atoms with van der Waals surface area (Å²) in [6, 6.07) is 3.82. The molecule has 0 aliphatic carbocycles. The second kappa shape index (κ2) is 5.06. The molecule has 0 spiro atoms. The Morgan fingerprint density at radius 2 is 1.78 bits per heavy atom. The van der Waals surface area contributed by atoms with Crippen molar-refractivity contribution >= 4 is 11.4 Å². The molecule has 100 valence electrons. The Morgan fingerprint density at radius 3 is 2.39 bits per heavy atom. The third kappa shape index (κ3) is 3.07. The summed E-state index contributed by atoms with van der Waals surface area (Å²) in [5.41, 5.74) is 7.73. The first-order valence-corrected chi connectivity index (χ1v) is 5.95. The quantitative estimate of drug-likeness (QED) is 0.802. The van der Waals surface area contributed by atoms with Crippen LogP contribution in [0.5, 0.6) is 0 Å². The average Bonchev–Trinajstić information content (AvgIpc) is 2.31. The number of hydrazine groups is 1. The fraction of sp³-hybridized carbons (Fsp3) is 0.500. The number of anilines is 2. The number of rotatable bonds is 2. The Labute approximate surface area is 104 Å². The van der Waals surface area contributed by atoms with E-state index in [0.717, 1.165) is 38.4 Å². The van der Waals surface area contributed by atoms with Gasteiger partial charge in [-0.25, -0.2) is 5.01 Å². The van der Waals surface area contributed by atoms with E-state index in [0.29, 0.717) is 0 Å². The molecule has 1 aromatic carbocycles. The van der Waals surface area contributed by atoms with Crippen LogP contribution in [0.1, 0.15) is 24.8 Å². The Morgan fingerprint density at radius 1 is 1.11 bits per heavy atom. The monoisotopic (exact) mass is 259 g/mol. The van der Waals surface area contributed by atoms with Crippen molar-refractivity contribution in [2.75, 3.05) is 24.2 Å². The van der Waals surface area contributed by atoms with Gasteiger partial charge in [-0.1, -0.05) is 6.42 Å². The van der Waals surface area contributed by atoms with Crippen LogP contribution in [-0.4, -0.2) is 18.1 Å². The van der Waals surface area contributed by atoms with Gasteiger partial charge in [0.1, 0.15) is 0 Å². The highest BCUT2D eigenvalue weighted by Gasteiger charge is 2.34. The Kier molecular flexibility index (Phi) is 3.65. The molecule has 2 rings (SSSR count). The molecule has 1 fully saturated rings. The van der Waals surface area contributed by atoms with Gasteiger partial charge in [-0.2, -0.15) is 13.2 Å². The summed E-state index contributed by atoms with van der Waals surface area (Å²) in [5, 5.41) is 1.82. The van der Waals surface area contributed by atoms with E-state index in [1.807, 2.05) is 5.01 Å². The number of nitrogen functional groups attached to an aromatic ring is 1. The van der Waals surface area contributed by atoms with Gasteiger partial charge in [-0.05, 0) is 31.0 Å². The van der Waals surface area contributed by atoms with Crippen LogP contribution in [0, 0.1) is 0 Å². The van der Waals surface area contributed by atoms with Crippen molar-refractivity contribution in [3.8, 4) is 0 Å². The first kappa shape index (κ1) is 13.0. The maximum Gasteiger partial charge on any atom is 0.418 e. The lowest BCUT2D eigenvalue weighted by Gasteiger charge is -2.29. The standard InChI is InChI=1S/C12H16F3N3/c13-12(14,15)10-8-9(16)4-5-11(10)17-18-6-2-1-3-7-18/h4-5,8,17H,1-3,6-7,16H2. The molecule has 0 atom stereocenters. The molecule has 1 aliphatic heterocycles. The van der Waals surface area contributed by atoms with Gasteiger partial charge in [0.2, 0.25) is 0 Å². The third-order valence-electron chi connectivity index (χ3n) is 2.98. The largest absolute Gasteiger partial charge is 0.418 e. The summed E-state index contributed by atoms with van der Waals surface area (Å²) in [5.74, 6) is 0. The van der Waals surface area contributed by atoms with Crippen molar-refractivity contribution in [3.63, 3.8) is 0 Å². The molecule has 0 aromatic heterocycles.